The van der Waals surface area contributed by atoms with Gasteiger partial charge in [-0.2, -0.15) is 0 Å². The first-order valence-corrected chi connectivity index (χ1v) is 7.20. The van der Waals surface area contributed by atoms with Crippen LogP contribution in [0.3, 0.4) is 0 Å². The Morgan fingerprint density at radius 3 is 2.95 bits per heavy atom. The third kappa shape index (κ3) is 2.13. The van der Waals surface area contributed by atoms with E-state index in [1.165, 1.54) is 0 Å². The molecule has 0 spiro atoms. The summed E-state index contributed by atoms with van der Waals surface area (Å²) in [5, 5.41) is 4.31. The first-order chi connectivity index (χ1) is 10.3. The molecule has 4 rings (SSSR count). The van der Waals surface area contributed by atoms with Crippen LogP contribution in [0.4, 0.5) is 11.5 Å². The van der Waals surface area contributed by atoms with Gasteiger partial charge in [-0.1, -0.05) is 6.07 Å². The molecule has 2 N–H and O–H groups in total. The summed E-state index contributed by atoms with van der Waals surface area (Å²) in [7, 11) is 0. The average molecular weight is 340 g/mol. The quantitative estimate of drug-likeness (QED) is 0.579. The summed E-state index contributed by atoms with van der Waals surface area (Å²) >= 11 is 3.51. The van der Waals surface area contributed by atoms with Crippen LogP contribution in [0.5, 0.6) is 0 Å². The van der Waals surface area contributed by atoms with Gasteiger partial charge in [0.2, 0.25) is 0 Å². The number of nitrogens with one attached hydrogen (secondary N) is 2. The maximum atomic E-state index is 4.34. The predicted molar refractivity (Wildman–Crippen MR) is 86.6 cm³/mol. The van der Waals surface area contributed by atoms with Crippen LogP contribution in [0, 0.1) is 0 Å². The molecule has 0 aliphatic rings. The largest absolute Gasteiger partial charge is 0.345 e. The van der Waals surface area contributed by atoms with Gasteiger partial charge in [0.05, 0.1) is 22.9 Å². The zero-order chi connectivity index (χ0) is 14.2. The van der Waals surface area contributed by atoms with Gasteiger partial charge in [0, 0.05) is 15.5 Å². The topological polar surface area (TPSA) is 66.5 Å². The number of nitrogens with zero attached hydrogens (tertiary/aromatic N) is 3. The molecule has 0 radical (unpaired) electrons. The van der Waals surface area contributed by atoms with Crippen molar-refractivity contribution in [3.05, 3.63) is 53.5 Å². The fraction of sp³-hybridized carbons (Fsp3) is 0. The highest BCUT2D eigenvalue weighted by Gasteiger charge is 2.07. The molecule has 21 heavy (non-hydrogen) atoms. The molecule has 2 aromatic heterocycles. The van der Waals surface area contributed by atoms with E-state index >= 15 is 0 Å². The van der Waals surface area contributed by atoms with E-state index in [1.807, 2.05) is 36.4 Å². The highest BCUT2D eigenvalue weighted by atomic mass is 79.9. The molecule has 0 fully saturated rings. The lowest BCUT2D eigenvalue weighted by molar-refractivity contribution is 1.21. The molecule has 2 heterocycles. The first-order valence-electron chi connectivity index (χ1n) is 6.41. The highest BCUT2D eigenvalue weighted by Crippen LogP contribution is 2.28. The SMILES string of the molecule is Brc1cccc2c(Nc3ccc4nc[nH]c4c3)ncnc12. The van der Waals surface area contributed by atoms with Crippen LogP contribution in [0.1, 0.15) is 0 Å². The van der Waals surface area contributed by atoms with Crippen LogP contribution in [-0.4, -0.2) is 19.9 Å². The molecule has 5 nitrogen and oxygen atoms in total. The second-order valence-corrected chi connectivity index (χ2v) is 5.47. The molecule has 4 aromatic rings. The fourth-order valence-electron chi connectivity index (χ4n) is 2.30. The Kier molecular flexibility index (Phi) is 2.82. The Morgan fingerprint density at radius 1 is 1.05 bits per heavy atom. The number of fused-ring (bicyclic) bond motifs is 2. The molecule has 6 heteroatoms. The van der Waals surface area contributed by atoms with Crippen LogP contribution in [-0.2, 0) is 0 Å². The molecule has 0 amide bonds. The van der Waals surface area contributed by atoms with Gasteiger partial charge in [-0.15, -0.1) is 0 Å². The number of hydrogen-bond acceptors (Lipinski definition) is 4. The maximum Gasteiger partial charge on any atom is 0.141 e. The number of halogens is 1. The van der Waals surface area contributed by atoms with Gasteiger partial charge >= 0.3 is 0 Å². The third-order valence-electron chi connectivity index (χ3n) is 3.30. The zero-order valence-electron chi connectivity index (χ0n) is 10.8. The van der Waals surface area contributed by atoms with Gasteiger partial charge < -0.3 is 10.3 Å². The highest BCUT2D eigenvalue weighted by molar-refractivity contribution is 9.10. The number of hydrogen-bond donors (Lipinski definition) is 2. The van der Waals surface area contributed by atoms with Crippen LogP contribution >= 0.6 is 15.9 Å². The summed E-state index contributed by atoms with van der Waals surface area (Å²) in [6, 6.07) is 11.9. The molecule has 0 saturated carbocycles. The summed E-state index contributed by atoms with van der Waals surface area (Å²) in [6.07, 6.45) is 3.25. The van der Waals surface area contributed by atoms with Crippen LogP contribution < -0.4 is 5.32 Å². The molecule has 0 saturated heterocycles. The lowest BCUT2D eigenvalue weighted by atomic mass is 10.2. The minimum Gasteiger partial charge on any atom is -0.345 e. The van der Waals surface area contributed by atoms with Gasteiger partial charge in [0.15, 0.2) is 0 Å². The number of anilines is 2. The molecule has 0 atom stereocenters. The smallest absolute Gasteiger partial charge is 0.141 e. The Hall–Kier alpha value is -2.47. The van der Waals surface area contributed by atoms with Gasteiger partial charge in [0.25, 0.3) is 0 Å². The second-order valence-electron chi connectivity index (χ2n) is 4.62. The summed E-state index contributed by atoms with van der Waals surface area (Å²) < 4.78 is 0.953. The second kappa shape index (κ2) is 4.82. The van der Waals surface area contributed by atoms with Crippen molar-refractivity contribution in [3.63, 3.8) is 0 Å². The summed E-state index contributed by atoms with van der Waals surface area (Å²) in [5.41, 5.74) is 3.76. The summed E-state index contributed by atoms with van der Waals surface area (Å²) in [4.78, 5) is 16.0. The van der Waals surface area contributed by atoms with E-state index < -0.39 is 0 Å². The molecule has 102 valence electrons. The van der Waals surface area contributed by atoms with Crippen LogP contribution in [0.15, 0.2) is 53.5 Å². The number of aromatic amines is 1. The van der Waals surface area contributed by atoms with Crippen molar-refractivity contribution >= 4 is 49.4 Å². The number of H-pyrrole nitrogens is 1. The van der Waals surface area contributed by atoms with Crippen LogP contribution in [0.25, 0.3) is 21.9 Å². The van der Waals surface area contributed by atoms with Crippen molar-refractivity contribution in [2.75, 3.05) is 5.32 Å². The van der Waals surface area contributed by atoms with Crippen molar-refractivity contribution < 1.29 is 0 Å². The third-order valence-corrected chi connectivity index (χ3v) is 3.94. The Bertz CT molecular complexity index is 947. The van der Waals surface area contributed by atoms with Crippen molar-refractivity contribution in [1.29, 1.82) is 0 Å². The number of rotatable bonds is 2. The normalized spacial score (nSPS) is 11.1. The van der Waals surface area contributed by atoms with Crippen molar-refractivity contribution in [2.45, 2.75) is 0 Å². The molecule has 0 aliphatic heterocycles. The molecule has 2 aromatic carbocycles. The van der Waals surface area contributed by atoms with E-state index in [4.69, 9.17) is 0 Å². The molecular formula is C15H10BrN5. The molecular weight excluding hydrogens is 330 g/mol. The summed E-state index contributed by atoms with van der Waals surface area (Å²) in [6.45, 7) is 0. The van der Waals surface area contributed by atoms with Gasteiger partial charge in [-0.3, -0.25) is 0 Å². The number of benzene rings is 2. The Labute approximate surface area is 128 Å². The van der Waals surface area contributed by atoms with E-state index in [0.29, 0.717) is 0 Å². The number of aromatic nitrogens is 4. The Morgan fingerprint density at radius 2 is 2.00 bits per heavy atom. The standard InChI is InChI=1S/C15H10BrN5/c16-11-3-1-2-10-14(11)19-8-20-15(10)21-9-4-5-12-13(6-9)18-7-17-12/h1-8H,(H,17,18)(H,19,20,21). The first kappa shape index (κ1) is 12.3. The predicted octanol–water partition coefficient (Wildman–Crippen LogP) is 4.01. The lowest BCUT2D eigenvalue weighted by Gasteiger charge is -2.09. The van der Waals surface area contributed by atoms with Crippen molar-refractivity contribution in [1.82, 2.24) is 19.9 Å². The average Bonchev–Trinajstić information content (AvgIpc) is 2.96. The van der Waals surface area contributed by atoms with Crippen LogP contribution in [0.2, 0.25) is 0 Å². The Balaban J connectivity index is 1.81. The van der Waals surface area contributed by atoms with Crippen molar-refractivity contribution in [2.24, 2.45) is 0 Å². The minimum atomic E-state index is 0.778. The van der Waals surface area contributed by atoms with E-state index in [9.17, 15) is 0 Å². The zero-order valence-corrected chi connectivity index (χ0v) is 12.4. The van der Waals surface area contributed by atoms with E-state index in [0.717, 1.165) is 37.9 Å². The van der Waals surface area contributed by atoms with Gasteiger partial charge in [-0.25, -0.2) is 15.0 Å². The van der Waals surface area contributed by atoms with E-state index in [-0.39, 0.29) is 0 Å². The molecule has 0 aliphatic carbocycles. The minimum absolute atomic E-state index is 0.778. The number of imidazole rings is 1. The van der Waals surface area contributed by atoms with Crippen molar-refractivity contribution in [3.8, 4) is 0 Å². The number of para-hydroxylation sites is 1. The van der Waals surface area contributed by atoms with E-state index in [2.05, 4.69) is 41.2 Å². The van der Waals surface area contributed by atoms with E-state index in [1.54, 1.807) is 12.7 Å². The van der Waals surface area contributed by atoms with Gasteiger partial charge in [-0.05, 0) is 46.3 Å². The fourth-order valence-corrected chi connectivity index (χ4v) is 2.77. The summed E-state index contributed by atoms with van der Waals surface area (Å²) in [5.74, 6) is 0.778. The monoisotopic (exact) mass is 339 g/mol. The molecule has 0 unspecified atom stereocenters. The maximum absolute atomic E-state index is 4.34. The molecule has 0 bridgehead atoms. The van der Waals surface area contributed by atoms with Gasteiger partial charge in [0.1, 0.15) is 12.1 Å². The lowest BCUT2D eigenvalue weighted by Crippen LogP contribution is -1.96.